The molecule has 0 aliphatic rings. The van der Waals surface area contributed by atoms with E-state index in [-0.39, 0.29) is 51.5 Å². The van der Waals surface area contributed by atoms with Crippen molar-refractivity contribution in [1.29, 1.82) is 8.12 Å². The van der Waals surface area contributed by atoms with E-state index in [1.807, 2.05) is 0 Å². The SMILES string of the molecule is [2H]OCCOCCOCC(COCCOCCO[2H])OP(OCCC#N)N(C(C)C)C(C)C. The molecule has 0 aromatic carbocycles. The van der Waals surface area contributed by atoms with E-state index in [9.17, 15) is 0 Å². The highest BCUT2D eigenvalue weighted by Gasteiger charge is 2.30. The number of nitrogens with zero attached hydrogens (tertiary/aromatic N) is 2. The molecule has 0 amide bonds. The van der Waals surface area contributed by atoms with Crippen molar-refractivity contribution in [3.63, 3.8) is 0 Å². The molecule has 0 heterocycles. The van der Waals surface area contributed by atoms with Gasteiger partial charge in [-0.15, -0.1) is 0 Å². The molecule has 11 heteroatoms. The highest BCUT2D eigenvalue weighted by molar-refractivity contribution is 7.44. The van der Waals surface area contributed by atoms with E-state index < -0.39 is 14.6 Å². The quantitative estimate of drug-likeness (QED) is 0.159. The summed E-state index contributed by atoms with van der Waals surface area (Å²) in [7, 11) is -1.43. The highest BCUT2D eigenvalue weighted by Crippen LogP contribution is 2.47. The molecule has 0 fully saturated rings. The molecule has 0 aliphatic carbocycles. The zero-order valence-electron chi connectivity index (χ0n) is 21.3. The molecule has 0 bridgehead atoms. The van der Waals surface area contributed by atoms with Crippen molar-refractivity contribution in [2.75, 3.05) is 72.7 Å². The van der Waals surface area contributed by atoms with E-state index in [0.29, 0.717) is 39.6 Å². The number of hydrogen-bond acceptors (Lipinski definition) is 10. The van der Waals surface area contributed by atoms with Gasteiger partial charge in [0, 0.05) is 12.1 Å². The second kappa shape index (κ2) is 21.4. The van der Waals surface area contributed by atoms with Gasteiger partial charge in [0.1, 0.15) is 6.10 Å². The smallest absolute Gasteiger partial charge is 0.259 e. The third kappa shape index (κ3) is 16.8. The van der Waals surface area contributed by atoms with Crippen LogP contribution in [0.1, 0.15) is 34.1 Å². The van der Waals surface area contributed by atoms with Gasteiger partial charge < -0.3 is 38.2 Å². The number of aliphatic hydroxyl groups is 2. The zero-order chi connectivity index (χ0) is 24.7. The lowest BCUT2D eigenvalue weighted by atomic mass is 10.3. The second-order valence-corrected chi connectivity index (χ2v) is 8.46. The van der Waals surface area contributed by atoms with Gasteiger partial charge >= 0.3 is 0 Å². The van der Waals surface area contributed by atoms with E-state index in [4.69, 9.17) is 36.1 Å². The van der Waals surface area contributed by atoms with Crippen LogP contribution in [0.4, 0.5) is 0 Å². The minimum Gasteiger partial charge on any atom is -0.394 e. The molecule has 0 saturated carbocycles. The third-order valence-corrected chi connectivity index (χ3v) is 5.89. The van der Waals surface area contributed by atoms with Crippen LogP contribution < -0.4 is 0 Å². The molecule has 0 aromatic heterocycles. The summed E-state index contributed by atoms with van der Waals surface area (Å²) in [5.41, 5.74) is 0. The lowest BCUT2D eigenvalue weighted by Gasteiger charge is -2.37. The van der Waals surface area contributed by atoms with Crippen molar-refractivity contribution in [3.05, 3.63) is 0 Å². The Morgan fingerprint density at radius 1 is 0.839 bits per heavy atom. The van der Waals surface area contributed by atoms with Crippen molar-refractivity contribution in [3.8, 4) is 6.07 Å². The molecule has 10 nitrogen and oxygen atoms in total. The monoisotopic (exact) mass is 470 g/mol. The van der Waals surface area contributed by atoms with Crippen molar-refractivity contribution >= 4 is 8.53 Å². The molecule has 184 valence electrons. The summed E-state index contributed by atoms with van der Waals surface area (Å²) in [4.78, 5) is 0. The highest BCUT2D eigenvalue weighted by atomic mass is 31.2. The molecule has 0 saturated heterocycles. The molecule has 0 rings (SSSR count). The van der Waals surface area contributed by atoms with Gasteiger partial charge in [0.25, 0.3) is 8.53 Å². The zero-order valence-corrected chi connectivity index (χ0v) is 20.2. The van der Waals surface area contributed by atoms with Gasteiger partial charge in [0.05, 0.1) is 85.2 Å². The Morgan fingerprint density at radius 3 is 1.81 bits per heavy atom. The van der Waals surface area contributed by atoms with Crippen LogP contribution in [0.2, 0.25) is 0 Å². The Labute approximate surface area is 191 Å². The molecule has 0 aromatic rings. The van der Waals surface area contributed by atoms with Crippen molar-refractivity contribution in [2.24, 2.45) is 0 Å². The normalized spacial score (nSPS) is 13.8. The maximum atomic E-state index is 8.88. The van der Waals surface area contributed by atoms with Crippen LogP contribution >= 0.6 is 8.53 Å². The minimum atomic E-state index is -1.43. The predicted molar refractivity (Wildman–Crippen MR) is 118 cm³/mol. The fraction of sp³-hybridized carbons (Fsp3) is 0.950. The first-order valence-corrected chi connectivity index (χ1v) is 11.8. The summed E-state index contributed by atoms with van der Waals surface area (Å²) >= 11 is 0. The summed E-state index contributed by atoms with van der Waals surface area (Å²) in [6.07, 6.45) is -0.117. The lowest BCUT2D eigenvalue weighted by Crippen LogP contribution is -2.36. The largest absolute Gasteiger partial charge is 0.394 e. The first-order valence-electron chi connectivity index (χ1n) is 11.5. The number of ether oxygens (including phenoxy) is 4. The van der Waals surface area contributed by atoms with Gasteiger partial charge in [-0.05, 0) is 27.7 Å². The van der Waals surface area contributed by atoms with Crippen molar-refractivity contribution < 1.29 is 38.2 Å². The van der Waals surface area contributed by atoms with E-state index in [1.165, 1.54) is 0 Å². The molecule has 0 spiro atoms. The summed E-state index contributed by atoms with van der Waals surface area (Å²) in [5.74, 6) is 0. The van der Waals surface area contributed by atoms with Gasteiger partial charge in [-0.1, -0.05) is 0 Å². The molecule has 1 atom stereocenters. The Bertz CT molecular complexity index is 452. The summed E-state index contributed by atoms with van der Waals surface area (Å²) in [6, 6.07) is 2.46. The van der Waals surface area contributed by atoms with E-state index in [0.717, 1.165) is 0 Å². The first kappa shape index (κ1) is 26.8. The molecule has 0 aliphatic heterocycles. The molecule has 31 heavy (non-hydrogen) atoms. The fourth-order valence-corrected chi connectivity index (χ4v) is 4.20. The van der Waals surface area contributed by atoms with Crippen LogP contribution in [0.25, 0.3) is 0 Å². The van der Waals surface area contributed by atoms with Crippen LogP contribution in [0, 0.1) is 11.3 Å². The van der Waals surface area contributed by atoms with Crippen LogP contribution in [0.5, 0.6) is 0 Å². The molecule has 2 N–H and O–H groups in total. The van der Waals surface area contributed by atoms with Crippen LogP contribution in [0.15, 0.2) is 0 Å². The number of hydrogen-bond donors (Lipinski definition) is 2. The van der Waals surface area contributed by atoms with E-state index >= 15 is 0 Å². The maximum Gasteiger partial charge on any atom is 0.259 e. The average Bonchev–Trinajstić information content (AvgIpc) is 2.77. The first-order chi connectivity index (χ1) is 16.0. The summed E-state index contributed by atoms with van der Waals surface area (Å²) < 4.78 is 49.7. The van der Waals surface area contributed by atoms with Crippen LogP contribution in [-0.2, 0) is 28.0 Å². The molecular formula is C20H41N2O8P. The number of rotatable bonds is 24. The second-order valence-electron chi connectivity index (χ2n) is 7.06. The average molecular weight is 471 g/mol. The number of aliphatic hydroxyl groups excluding tert-OH is 2. The summed E-state index contributed by atoms with van der Waals surface area (Å²) in [6.45, 7) is 11.7. The predicted octanol–water partition coefficient (Wildman–Crippen LogP) is 1.70. The van der Waals surface area contributed by atoms with Gasteiger partial charge in [-0.2, -0.15) is 5.26 Å². The van der Waals surface area contributed by atoms with Crippen LogP contribution in [-0.4, -0.2) is 109 Å². The van der Waals surface area contributed by atoms with Crippen LogP contribution in [0.3, 0.4) is 0 Å². The standard InChI is InChI=1S/C20H41N2O8P/c1-18(2)22(19(3)4)31(29-9-5-6-21)30-20(16-27-14-12-25-10-7-23)17-28-15-13-26-11-8-24/h18-20,23-24H,5,7-17H2,1-4H3/i23D,24D. The van der Waals surface area contributed by atoms with E-state index in [1.54, 1.807) is 0 Å². The van der Waals surface area contributed by atoms with Crippen molar-refractivity contribution in [2.45, 2.75) is 52.3 Å². The molecule has 0 radical (unpaired) electrons. The topological polar surface area (TPSA) is 123 Å². The van der Waals surface area contributed by atoms with Gasteiger partial charge in [0.2, 0.25) is 2.86 Å². The molecule has 1 unspecified atom stereocenters. The lowest BCUT2D eigenvalue weighted by molar-refractivity contribution is -0.0395. The fourth-order valence-electron chi connectivity index (χ4n) is 2.52. The Morgan fingerprint density at radius 2 is 1.35 bits per heavy atom. The Hall–Kier alpha value is -0.440. The van der Waals surface area contributed by atoms with Gasteiger partial charge in [0.15, 0.2) is 0 Å². The Kier molecular flexibility index (Phi) is 18.5. The third-order valence-electron chi connectivity index (χ3n) is 3.71. The Balaban J connectivity index is 4.83. The summed E-state index contributed by atoms with van der Waals surface area (Å²) in [5, 5.41) is 17.3. The van der Waals surface area contributed by atoms with E-state index in [2.05, 4.69) is 48.7 Å². The number of nitriles is 1. The van der Waals surface area contributed by atoms with Crippen molar-refractivity contribution in [1.82, 2.24) is 4.67 Å². The molecular weight excluding hydrogens is 427 g/mol. The van der Waals surface area contributed by atoms with Gasteiger partial charge in [-0.25, -0.2) is 4.67 Å². The minimum absolute atomic E-state index is 0.181. The van der Waals surface area contributed by atoms with Gasteiger partial charge in [-0.3, -0.25) is 0 Å². The maximum absolute atomic E-state index is 8.88.